The third kappa shape index (κ3) is 4.25. The van der Waals surface area contributed by atoms with Crippen molar-refractivity contribution in [2.45, 2.75) is 38.8 Å². The van der Waals surface area contributed by atoms with Gasteiger partial charge in [-0.25, -0.2) is 9.97 Å². The molecule has 2 aromatic heterocycles. The molecule has 2 saturated heterocycles. The summed E-state index contributed by atoms with van der Waals surface area (Å²) < 4.78 is 0. The largest absolute Gasteiger partial charge is 0.347 e. The van der Waals surface area contributed by atoms with Gasteiger partial charge in [0.25, 0.3) is 0 Å². The smallest absolute Gasteiger partial charge is 0.131 e. The molecule has 172 valence electrons. The molecule has 4 atom stereocenters. The number of nitrogens with one attached hydrogen (secondary N) is 4. The van der Waals surface area contributed by atoms with E-state index >= 15 is 0 Å². The van der Waals surface area contributed by atoms with E-state index in [0.29, 0.717) is 23.9 Å². The summed E-state index contributed by atoms with van der Waals surface area (Å²) >= 11 is 0. The summed E-state index contributed by atoms with van der Waals surface area (Å²) in [7, 11) is 0. The highest BCUT2D eigenvalue weighted by Crippen LogP contribution is 2.29. The molecular formula is C28H30N6. The molecule has 0 unspecified atom stereocenters. The summed E-state index contributed by atoms with van der Waals surface area (Å²) in [6.45, 7) is 6.64. The molecule has 2 aliphatic heterocycles. The molecule has 4 aromatic rings. The zero-order valence-electron chi connectivity index (χ0n) is 19.7. The van der Waals surface area contributed by atoms with E-state index in [9.17, 15) is 0 Å². The van der Waals surface area contributed by atoms with Crippen LogP contribution in [0.3, 0.4) is 0 Å². The van der Waals surface area contributed by atoms with Crippen molar-refractivity contribution in [1.82, 2.24) is 30.6 Å². The summed E-state index contributed by atoms with van der Waals surface area (Å²) in [4.78, 5) is 16.2. The van der Waals surface area contributed by atoms with Gasteiger partial charge in [0.05, 0.1) is 17.8 Å². The zero-order valence-corrected chi connectivity index (χ0v) is 19.7. The summed E-state index contributed by atoms with van der Waals surface area (Å²) in [5.41, 5.74) is 3.88. The maximum absolute atomic E-state index is 4.86. The molecule has 0 spiro atoms. The average molecular weight is 451 g/mol. The summed E-state index contributed by atoms with van der Waals surface area (Å²) in [5.74, 6) is 9.88. The Hall–Kier alpha value is -3.40. The molecule has 6 nitrogen and oxygen atoms in total. The van der Waals surface area contributed by atoms with E-state index in [1.807, 2.05) is 12.4 Å². The minimum atomic E-state index is 0.309. The maximum atomic E-state index is 4.86. The lowest BCUT2D eigenvalue weighted by molar-refractivity contribution is 0.587. The van der Waals surface area contributed by atoms with Crippen molar-refractivity contribution < 1.29 is 0 Å². The summed E-state index contributed by atoms with van der Waals surface area (Å²) in [6.07, 6.45) is 6.16. The predicted molar refractivity (Wildman–Crippen MR) is 135 cm³/mol. The number of aromatic nitrogens is 4. The van der Waals surface area contributed by atoms with Crippen LogP contribution in [0.15, 0.2) is 48.8 Å². The number of benzene rings is 2. The number of nitrogens with zero attached hydrogens (tertiary/aromatic N) is 2. The van der Waals surface area contributed by atoms with Crippen LogP contribution < -0.4 is 10.6 Å². The van der Waals surface area contributed by atoms with Gasteiger partial charge in [-0.1, -0.05) is 38.0 Å². The molecule has 0 radical (unpaired) electrons. The molecule has 6 rings (SSSR count). The Morgan fingerprint density at radius 1 is 0.765 bits per heavy atom. The van der Waals surface area contributed by atoms with Crippen molar-refractivity contribution in [2.24, 2.45) is 11.8 Å². The molecule has 0 bridgehead atoms. The van der Waals surface area contributed by atoms with Gasteiger partial charge in [0, 0.05) is 23.5 Å². The fourth-order valence-electron chi connectivity index (χ4n) is 5.10. The third-order valence-corrected chi connectivity index (χ3v) is 7.03. The van der Waals surface area contributed by atoms with Crippen molar-refractivity contribution in [3.63, 3.8) is 0 Å². The van der Waals surface area contributed by atoms with E-state index in [2.05, 4.69) is 87.7 Å². The molecule has 2 aromatic carbocycles. The van der Waals surface area contributed by atoms with Gasteiger partial charge in [-0.15, -0.1) is 0 Å². The molecule has 4 heterocycles. The number of H-pyrrole nitrogens is 2. The number of imidazole rings is 2. The Kier molecular flexibility index (Phi) is 5.44. The van der Waals surface area contributed by atoms with Gasteiger partial charge in [-0.2, -0.15) is 0 Å². The van der Waals surface area contributed by atoms with Crippen LogP contribution in [0.2, 0.25) is 0 Å². The molecular weight excluding hydrogens is 420 g/mol. The number of aromatic amines is 2. The fraction of sp³-hybridized carbons (Fsp3) is 0.357. The van der Waals surface area contributed by atoms with Crippen LogP contribution in [0.25, 0.3) is 22.0 Å². The SMILES string of the molecule is C[C@@H]1CN[C@H](c2nc(-c3ccc4cc(C#Cc5c[nH]c([C@@H]6C[C@@H](C)CN6)n5)ccc4c3)c[nH]2)C1. The van der Waals surface area contributed by atoms with Gasteiger partial charge in [0.15, 0.2) is 0 Å². The van der Waals surface area contributed by atoms with E-state index in [-0.39, 0.29) is 0 Å². The highest BCUT2D eigenvalue weighted by atomic mass is 15.0. The van der Waals surface area contributed by atoms with Crippen molar-refractivity contribution in [2.75, 3.05) is 13.1 Å². The first kappa shape index (κ1) is 21.2. The standard InChI is InChI=1S/C28H30N6/c1-17-9-24(29-13-17)27-31-15-23(33-27)8-4-19-3-5-21-12-22(7-6-20(21)11-19)26-16-32-28(34-26)25-10-18(2)14-30-25/h3,5-7,11-12,15-18,24-25,29-30H,9-10,13-14H2,1-2H3,(H,31,33)(H,32,34)/t17-,18+,24+,25+/m1/s1. The molecule has 6 heteroatoms. The van der Waals surface area contributed by atoms with Gasteiger partial charge in [-0.3, -0.25) is 0 Å². The number of hydrogen-bond acceptors (Lipinski definition) is 4. The van der Waals surface area contributed by atoms with Gasteiger partial charge < -0.3 is 20.6 Å². The highest BCUT2D eigenvalue weighted by molar-refractivity contribution is 5.88. The minimum absolute atomic E-state index is 0.309. The Labute approximate surface area is 200 Å². The number of fused-ring (bicyclic) bond motifs is 1. The van der Waals surface area contributed by atoms with Crippen LogP contribution in [0.4, 0.5) is 0 Å². The first-order chi connectivity index (χ1) is 16.6. The Bertz CT molecular complexity index is 1390. The van der Waals surface area contributed by atoms with Gasteiger partial charge in [0.2, 0.25) is 0 Å². The Morgan fingerprint density at radius 3 is 2.18 bits per heavy atom. The second kappa shape index (κ2) is 8.75. The number of rotatable bonds is 3. The molecule has 2 aliphatic rings. The van der Waals surface area contributed by atoms with Crippen molar-refractivity contribution >= 4 is 10.8 Å². The molecule has 0 aliphatic carbocycles. The lowest BCUT2D eigenvalue weighted by Crippen LogP contribution is -2.14. The fourth-order valence-corrected chi connectivity index (χ4v) is 5.10. The lowest BCUT2D eigenvalue weighted by Gasteiger charge is -2.05. The van der Waals surface area contributed by atoms with Crippen LogP contribution in [0, 0.1) is 23.7 Å². The van der Waals surface area contributed by atoms with Crippen LogP contribution in [0.5, 0.6) is 0 Å². The average Bonchev–Trinajstić information content (AvgIpc) is 3.64. The Morgan fingerprint density at radius 2 is 1.44 bits per heavy atom. The minimum Gasteiger partial charge on any atom is -0.347 e. The molecule has 0 amide bonds. The van der Waals surface area contributed by atoms with Crippen LogP contribution >= 0.6 is 0 Å². The van der Waals surface area contributed by atoms with Crippen molar-refractivity contribution in [3.05, 3.63) is 71.7 Å². The number of hydrogen-bond donors (Lipinski definition) is 4. The van der Waals surface area contributed by atoms with E-state index in [0.717, 1.165) is 60.1 Å². The van der Waals surface area contributed by atoms with Crippen LogP contribution in [-0.2, 0) is 0 Å². The molecule has 4 N–H and O–H groups in total. The summed E-state index contributed by atoms with van der Waals surface area (Å²) in [6, 6.07) is 13.5. The molecule has 34 heavy (non-hydrogen) atoms. The first-order valence-electron chi connectivity index (χ1n) is 12.2. The van der Waals surface area contributed by atoms with E-state index in [1.54, 1.807) is 0 Å². The van der Waals surface area contributed by atoms with Crippen LogP contribution in [0.1, 0.15) is 61.7 Å². The maximum Gasteiger partial charge on any atom is 0.131 e. The van der Waals surface area contributed by atoms with E-state index < -0.39 is 0 Å². The Balaban J connectivity index is 1.19. The van der Waals surface area contributed by atoms with Crippen molar-refractivity contribution in [1.29, 1.82) is 0 Å². The van der Waals surface area contributed by atoms with Crippen LogP contribution in [-0.4, -0.2) is 33.0 Å². The first-order valence-corrected chi connectivity index (χ1v) is 12.2. The topological polar surface area (TPSA) is 81.4 Å². The highest BCUT2D eigenvalue weighted by Gasteiger charge is 2.25. The summed E-state index contributed by atoms with van der Waals surface area (Å²) in [5, 5.41) is 9.41. The zero-order chi connectivity index (χ0) is 23.1. The normalized spacial score (nSPS) is 24.4. The quantitative estimate of drug-likeness (QED) is 0.341. The van der Waals surface area contributed by atoms with Gasteiger partial charge in [0.1, 0.15) is 17.3 Å². The van der Waals surface area contributed by atoms with E-state index in [1.165, 1.54) is 10.8 Å². The molecule has 0 saturated carbocycles. The van der Waals surface area contributed by atoms with Gasteiger partial charge in [-0.05, 0) is 72.7 Å². The van der Waals surface area contributed by atoms with Crippen molar-refractivity contribution in [3.8, 4) is 23.1 Å². The van der Waals surface area contributed by atoms with Gasteiger partial charge >= 0.3 is 0 Å². The second-order valence-corrected chi connectivity index (χ2v) is 9.97. The molecule has 2 fully saturated rings. The predicted octanol–water partition coefficient (Wildman–Crippen LogP) is 4.69. The third-order valence-electron chi connectivity index (χ3n) is 7.03. The monoisotopic (exact) mass is 450 g/mol. The van der Waals surface area contributed by atoms with E-state index in [4.69, 9.17) is 4.98 Å². The lowest BCUT2D eigenvalue weighted by atomic mass is 10.0. The second-order valence-electron chi connectivity index (χ2n) is 9.97.